The quantitative estimate of drug-likeness (QED) is 0.633. The van der Waals surface area contributed by atoms with Gasteiger partial charge in [0, 0.05) is 6.54 Å². The Bertz CT molecular complexity index is 298. The molecule has 0 heterocycles. The number of unbranched alkanes of at least 4 members (excludes halogenated alkanes) is 3. The summed E-state index contributed by atoms with van der Waals surface area (Å²) in [4.78, 5) is 0. The van der Waals surface area contributed by atoms with Crippen molar-refractivity contribution in [3.05, 3.63) is 0 Å². The predicted molar refractivity (Wildman–Crippen MR) is 75.9 cm³/mol. The van der Waals surface area contributed by atoms with Crippen LogP contribution in [0.2, 0.25) is 0 Å². The van der Waals surface area contributed by atoms with Crippen LogP contribution in [0.15, 0.2) is 0 Å². The van der Waals surface area contributed by atoms with Crippen molar-refractivity contribution in [3.8, 4) is 0 Å². The van der Waals surface area contributed by atoms with Crippen LogP contribution in [0, 0.1) is 5.92 Å². The van der Waals surface area contributed by atoms with Gasteiger partial charge in [-0.3, -0.25) is 0 Å². The Morgan fingerprint density at radius 3 is 2.33 bits per heavy atom. The van der Waals surface area contributed by atoms with Crippen molar-refractivity contribution in [2.24, 2.45) is 11.7 Å². The SMILES string of the molecule is NCCCCCCNS(=O)(=O)CC1CCCCC1. The first-order valence-electron chi connectivity index (χ1n) is 7.31. The molecule has 0 bridgehead atoms. The van der Waals surface area contributed by atoms with Gasteiger partial charge in [-0.1, -0.05) is 32.1 Å². The van der Waals surface area contributed by atoms with E-state index in [-0.39, 0.29) is 0 Å². The molecule has 5 heteroatoms. The van der Waals surface area contributed by atoms with Crippen LogP contribution in [0.25, 0.3) is 0 Å². The van der Waals surface area contributed by atoms with Gasteiger partial charge in [0.15, 0.2) is 0 Å². The fourth-order valence-corrected chi connectivity index (χ4v) is 4.10. The van der Waals surface area contributed by atoms with Crippen molar-refractivity contribution >= 4 is 10.0 Å². The van der Waals surface area contributed by atoms with Crippen LogP contribution >= 0.6 is 0 Å². The third kappa shape index (κ3) is 7.34. The number of sulfonamides is 1. The lowest BCUT2D eigenvalue weighted by molar-refractivity contribution is 0.384. The molecule has 1 aliphatic carbocycles. The third-order valence-corrected chi connectivity index (χ3v) is 5.19. The van der Waals surface area contributed by atoms with Gasteiger partial charge in [0.05, 0.1) is 5.75 Å². The molecule has 1 fully saturated rings. The Morgan fingerprint density at radius 1 is 1.00 bits per heavy atom. The summed E-state index contributed by atoms with van der Waals surface area (Å²) < 4.78 is 26.4. The average molecular weight is 276 g/mol. The van der Waals surface area contributed by atoms with Gasteiger partial charge in [-0.15, -0.1) is 0 Å². The molecule has 0 unspecified atom stereocenters. The molecule has 3 N–H and O–H groups in total. The van der Waals surface area contributed by atoms with Gasteiger partial charge >= 0.3 is 0 Å². The van der Waals surface area contributed by atoms with Crippen LogP contribution < -0.4 is 10.5 Å². The lowest BCUT2D eigenvalue weighted by Crippen LogP contribution is -2.31. The Kier molecular flexibility index (Phi) is 7.86. The van der Waals surface area contributed by atoms with E-state index >= 15 is 0 Å². The van der Waals surface area contributed by atoms with E-state index in [1.807, 2.05) is 0 Å². The number of nitrogens with one attached hydrogen (secondary N) is 1. The van der Waals surface area contributed by atoms with Crippen molar-refractivity contribution < 1.29 is 8.42 Å². The molecular weight excluding hydrogens is 248 g/mol. The zero-order valence-electron chi connectivity index (χ0n) is 11.4. The van der Waals surface area contributed by atoms with Gasteiger partial charge < -0.3 is 5.73 Å². The number of rotatable bonds is 9. The van der Waals surface area contributed by atoms with Crippen LogP contribution in [0.4, 0.5) is 0 Å². The van der Waals surface area contributed by atoms with Crippen molar-refractivity contribution in [2.75, 3.05) is 18.8 Å². The lowest BCUT2D eigenvalue weighted by atomic mass is 9.91. The number of nitrogens with two attached hydrogens (primary N) is 1. The van der Waals surface area contributed by atoms with E-state index in [9.17, 15) is 8.42 Å². The van der Waals surface area contributed by atoms with E-state index in [0.717, 1.165) is 45.1 Å². The third-order valence-electron chi connectivity index (χ3n) is 3.63. The summed E-state index contributed by atoms with van der Waals surface area (Å²) in [5.41, 5.74) is 5.41. The summed E-state index contributed by atoms with van der Waals surface area (Å²) in [6, 6.07) is 0. The second-order valence-electron chi connectivity index (χ2n) is 5.38. The van der Waals surface area contributed by atoms with E-state index in [1.165, 1.54) is 19.3 Å². The average Bonchev–Trinajstić information content (AvgIpc) is 2.34. The van der Waals surface area contributed by atoms with E-state index in [2.05, 4.69) is 4.72 Å². The number of hydrogen-bond acceptors (Lipinski definition) is 3. The molecule has 1 saturated carbocycles. The van der Waals surface area contributed by atoms with Crippen molar-refractivity contribution in [1.29, 1.82) is 0 Å². The highest BCUT2D eigenvalue weighted by atomic mass is 32.2. The van der Waals surface area contributed by atoms with Gasteiger partial charge in [0.1, 0.15) is 0 Å². The van der Waals surface area contributed by atoms with E-state index in [4.69, 9.17) is 5.73 Å². The second-order valence-corrected chi connectivity index (χ2v) is 7.23. The first-order valence-corrected chi connectivity index (χ1v) is 8.96. The molecule has 0 aromatic heterocycles. The summed E-state index contributed by atoms with van der Waals surface area (Å²) in [5, 5.41) is 0. The molecule has 108 valence electrons. The smallest absolute Gasteiger partial charge is 0.211 e. The fourth-order valence-electron chi connectivity index (χ4n) is 2.57. The lowest BCUT2D eigenvalue weighted by Gasteiger charge is -2.21. The van der Waals surface area contributed by atoms with Crippen molar-refractivity contribution in [2.45, 2.75) is 57.8 Å². The van der Waals surface area contributed by atoms with Gasteiger partial charge in [0.25, 0.3) is 0 Å². The minimum atomic E-state index is -3.05. The highest BCUT2D eigenvalue weighted by molar-refractivity contribution is 7.89. The van der Waals surface area contributed by atoms with Crippen LogP contribution in [0.5, 0.6) is 0 Å². The molecule has 0 aliphatic heterocycles. The molecule has 0 aromatic carbocycles. The van der Waals surface area contributed by atoms with Crippen LogP contribution in [0.1, 0.15) is 57.8 Å². The molecule has 0 amide bonds. The predicted octanol–water partition coefficient (Wildman–Crippen LogP) is 2.01. The number of hydrogen-bond donors (Lipinski definition) is 2. The van der Waals surface area contributed by atoms with E-state index < -0.39 is 10.0 Å². The molecule has 0 spiro atoms. The topological polar surface area (TPSA) is 72.2 Å². The summed E-state index contributed by atoms with van der Waals surface area (Å²) in [7, 11) is -3.05. The normalized spacial score (nSPS) is 18.1. The fraction of sp³-hybridized carbons (Fsp3) is 1.00. The second kappa shape index (κ2) is 8.88. The molecule has 0 aromatic rings. The molecule has 1 rings (SSSR count). The van der Waals surface area contributed by atoms with Gasteiger partial charge in [0.2, 0.25) is 10.0 Å². The maximum absolute atomic E-state index is 11.9. The molecule has 4 nitrogen and oxygen atoms in total. The minimum absolute atomic E-state index is 0.329. The zero-order chi connectivity index (χ0) is 13.3. The molecule has 0 atom stereocenters. The molecule has 18 heavy (non-hydrogen) atoms. The van der Waals surface area contributed by atoms with E-state index in [0.29, 0.717) is 18.2 Å². The summed E-state index contributed by atoms with van der Waals surface area (Å²) in [6.45, 7) is 1.31. The Labute approximate surface area is 112 Å². The molecule has 0 radical (unpaired) electrons. The maximum Gasteiger partial charge on any atom is 0.211 e. The van der Waals surface area contributed by atoms with Gasteiger partial charge in [-0.25, -0.2) is 13.1 Å². The Morgan fingerprint density at radius 2 is 1.67 bits per heavy atom. The molecular formula is C13H28N2O2S. The molecule has 1 aliphatic rings. The van der Waals surface area contributed by atoms with Crippen LogP contribution in [-0.4, -0.2) is 27.3 Å². The van der Waals surface area contributed by atoms with Crippen molar-refractivity contribution in [1.82, 2.24) is 4.72 Å². The summed E-state index contributed by atoms with van der Waals surface area (Å²) in [6.07, 6.45) is 9.93. The monoisotopic (exact) mass is 276 g/mol. The standard InChI is InChI=1S/C13H28N2O2S/c14-10-6-1-2-7-11-15-18(16,17)12-13-8-4-3-5-9-13/h13,15H,1-12,14H2. The van der Waals surface area contributed by atoms with Gasteiger partial charge in [-0.2, -0.15) is 0 Å². The highest BCUT2D eigenvalue weighted by Gasteiger charge is 2.20. The summed E-state index contributed by atoms with van der Waals surface area (Å²) in [5.74, 6) is 0.712. The largest absolute Gasteiger partial charge is 0.330 e. The van der Waals surface area contributed by atoms with Crippen LogP contribution in [0.3, 0.4) is 0 Å². The van der Waals surface area contributed by atoms with Crippen molar-refractivity contribution in [3.63, 3.8) is 0 Å². The zero-order valence-corrected chi connectivity index (χ0v) is 12.2. The minimum Gasteiger partial charge on any atom is -0.330 e. The Balaban J connectivity index is 2.11. The van der Waals surface area contributed by atoms with E-state index in [1.54, 1.807) is 0 Å². The van der Waals surface area contributed by atoms with Crippen LogP contribution in [-0.2, 0) is 10.0 Å². The summed E-state index contributed by atoms with van der Waals surface area (Å²) >= 11 is 0. The maximum atomic E-state index is 11.9. The van der Waals surface area contributed by atoms with Gasteiger partial charge in [-0.05, 0) is 38.1 Å². The first-order chi connectivity index (χ1) is 8.64. The highest BCUT2D eigenvalue weighted by Crippen LogP contribution is 2.24. The Hall–Kier alpha value is -0.130. The molecule has 0 saturated heterocycles. The first kappa shape index (κ1) is 15.9.